The summed E-state index contributed by atoms with van der Waals surface area (Å²) >= 11 is 9.28. The minimum Gasteiger partial charge on any atom is -0.452 e. The van der Waals surface area contributed by atoms with Gasteiger partial charge in [-0.05, 0) is 48.9 Å². The van der Waals surface area contributed by atoms with Crippen LogP contribution in [0.3, 0.4) is 0 Å². The summed E-state index contributed by atoms with van der Waals surface area (Å²) in [7, 11) is -3.50. The molecule has 0 bridgehead atoms. The van der Waals surface area contributed by atoms with Gasteiger partial charge in [-0.2, -0.15) is 0 Å². The van der Waals surface area contributed by atoms with Crippen molar-refractivity contribution in [2.24, 2.45) is 0 Å². The number of rotatable bonds is 5. The summed E-state index contributed by atoms with van der Waals surface area (Å²) in [5, 5.41) is 2.63. The molecule has 0 saturated heterocycles. The van der Waals surface area contributed by atoms with Crippen LogP contribution in [0.4, 0.5) is 5.69 Å². The van der Waals surface area contributed by atoms with E-state index in [1.807, 2.05) is 6.92 Å². The van der Waals surface area contributed by atoms with Crippen LogP contribution in [0.1, 0.15) is 15.9 Å². The number of aryl methyl sites for hydroxylation is 1. The fraction of sp³-hybridized carbons (Fsp3) is 0.176. The van der Waals surface area contributed by atoms with E-state index in [9.17, 15) is 18.0 Å². The lowest BCUT2D eigenvalue weighted by atomic mass is 10.2. The Morgan fingerprint density at radius 1 is 1.19 bits per heavy atom. The van der Waals surface area contributed by atoms with Crippen LogP contribution in [0.5, 0.6) is 0 Å². The number of hydrogen-bond donors (Lipinski definition) is 1. The molecule has 0 unspecified atom stereocenters. The lowest BCUT2D eigenvalue weighted by molar-refractivity contribution is -0.119. The van der Waals surface area contributed by atoms with Gasteiger partial charge in [-0.15, -0.1) is 0 Å². The van der Waals surface area contributed by atoms with E-state index in [1.165, 1.54) is 12.1 Å². The highest BCUT2D eigenvalue weighted by atomic mass is 79.9. The van der Waals surface area contributed by atoms with Gasteiger partial charge >= 0.3 is 5.97 Å². The third-order valence-corrected chi connectivity index (χ3v) is 5.69. The number of esters is 1. The molecule has 0 saturated carbocycles. The summed E-state index contributed by atoms with van der Waals surface area (Å²) < 4.78 is 29.0. The quantitative estimate of drug-likeness (QED) is 0.689. The smallest absolute Gasteiger partial charge is 0.340 e. The average Bonchev–Trinajstić information content (AvgIpc) is 2.55. The number of carbonyl (C=O) groups excluding carboxylic acids is 2. The Kier molecular flexibility index (Phi) is 6.44. The number of nitrogens with one attached hydrogen (secondary N) is 1. The van der Waals surface area contributed by atoms with Crippen molar-refractivity contribution in [1.29, 1.82) is 0 Å². The Balaban J connectivity index is 2.04. The Morgan fingerprint density at radius 3 is 2.50 bits per heavy atom. The number of ether oxygens (including phenoxy) is 1. The van der Waals surface area contributed by atoms with Crippen molar-refractivity contribution in [3.8, 4) is 0 Å². The number of benzene rings is 2. The van der Waals surface area contributed by atoms with Crippen LogP contribution in [-0.2, 0) is 19.4 Å². The molecular weight excluding hydrogens is 446 g/mol. The van der Waals surface area contributed by atoms with E-state index in [0.29, 0.717) is 5.69 Å². The van der Waals surface area contributed by atoms with Crippen LogP contribution in [0.2, 0.25) is 5.02 Å². The van der Waals surface area contributed by atoms with Gasteiger partial charge in [0.05, 0.1) is 15.5 Å². The zero-order chi connectivity index (χ0) is 19.5. The molecule has 1 N–H and O–H groups in total. The third-order valence-electron chi connectivity index (χ3n) is 3.36. The molecule has 0 radical (unpaired) electrons. The SMILES string of the molecule is Cc1cc(NC(=O)COC(=O)c2cc(S(C)(=O)=O)ccc2Cl)ccc1Br. The molecule has 2 rings (SSSR count). The maximum atomic E-state index is 12.1. The van der Waals surface area contributed by atoms with Crippen molar-refractivity contribution in [2.75, 3.05) is 18.2 Å². The van der Waals surface area contributed by atoms with Crippen LogP contribution in [0.15, 0.2) is 45.8 Å². The number of amides is 1. The average molecular weight is 461 g/mol. The van der Waals surface area contributed by atoms with Gasteiger partial charge in [0, 0.05) is 16.4 Å². The number of halogens is 2. The van der Waals surface area contributed by atoms with E-state index in [-0.39, 0.29) is 15.5 Å². The van der Waals surface area contributed by atoms with Crippen LogP contribution >= 0.6 is 27.5 Å². The lowest BCUT2D eigenvalue weighted by Gasteiger charge is -2.09. The van der Waals surface area contributed by atoms with Crippen molar-refractivity contribution in [2.45, 2.75) is 11.8 Å². The summed E-state index contributed by atoms with van der Waals surface area (Å²) in [5.74, 6) is -1.42. The molecular formula is C17H15BrClNO5S. The summed E-state index contributed by atoms with van der Waals surface area (Å²) in [5.41, 5.74) is 1.37. The first kappa shape index (κ1) is 20.4. The van der Waals surface area contributed by atoms with E-state index in [0.717, 1.165) is 22.4 Å². The standard InChI is InChI=1S/C17H15BrClNO5S/c1-10-7-11(3-5-14(10)18)20-16(21)9-25-17(22)13-8-12(26(2,23)24)4-6-15(13)19/h3-8H,9H2,1-2H3,(H,20,21). The molecule has 0 atom stereocenters. The Bertz CT molecular complexity index is 975. The molecule has 2 aromatic carbocycles. The molecule has 2 aromatic rings. The number of carbonyl (C=O) groups is 2. The van der Waals surface area contributed by atoms with Crippen molar-refractivity contribution in [3.63, 3.8) is 0 Å². The van der Waals surface area contributed by atoms with Crippen molar-refractivity contribution in [3.05, 3.63) is 57.0 Å². The molecule has 0 spiro atoms. The maximum absolute atomic E-state index is 12.1. The zero-order valence-corrected chi connectivity index (χ0v) is 17.0. The van der Waals surface area contributed by atoms with Crippen molar-refractivity contribution >= 4 is 54.9 Å². The molecule has 0 aliphatic carbocycles. The van der Waals surface area contributed by atoms with Gasteiger partial charge in [-0.1, -0.05) is 27.5 Å². The van der Waals surface area contributed by atoms with E-state index < -0.39 is 28.3 Å². The first-order valence-electron chi connectivity index (χ1n) is 7.30. The van der Waals surface area contributed by atoms with Crippen LogP contribution in [-0.4, -0.2) is 33.2 Å². The second kappa shape index (κ2) is 8.20. The molecule has 0 aliphatic heterocycles. The molecule has 6 nitrogen and oxygen atoms in total. The molecule has 9 heteroatoms. The van der Waals surface area contributed by atoms with Crippen LogP contribution in [0.25, 0.3) is 0 Å². The maximum Gasteiger partial charge on any atom is 0.340 e. The molecule has 0 fully saturated rings. The topological polar surface area (TPSA) is 89.5 Å². The number of hydrogen-bond acceptors (Lipinski definition) is 5. The molecule has 1 amide bonds. The first-order chi connectivity index (χ1) is 12.1. The number of sulfone groups is 1. The number of anilines is 1. The minimum absolute atomic E-state index is 0.0337. The van der Waals surface area contributed by atoms with Crippen LogP contribution < -0.4 is 5.32 Å². The summed E-state index contributed by atoms with van der Waals surface area (Å²) in [6, 6.07) is 8.94. The molecule has 0 aromatic heterocycles. The van der Waals surface area contributed by atoms with E-state index >= 15 is 0 Å². The lowest BCUT2D eigenvalue weighted by Crippen LogP contribution is -2.21. The Hall–Kier alpha value is -1.90. The normalized spacial score (nSPS) is 11.1. The highest BCUT2D eigenvalue weighted by Gasteiger charge is 2.17. The van der Waals surface area contributed by atoms with E-state index in [2.05, 4.69) is 21.2 Å². The Morgan fingerprint density at radius 2 is 1.88 bits per heavy atom. The fourth-order valence-electron chi connectivity index (χ4n) is 2.02. The highest BCUT2D eigenvalue weighted by Crippen LogP contribution is 2.22. The largest absolute Gasteiger partial charge is 0.452 e. The molecule has 26 heavy (non-hydrogen) atoms. The second-order valence-electron chi connectivity index (χ2n) is 5.50. The third kappa shape index (κ3) is 5.30. The highest BCUT2D eigenvalue weighted by molar-refractivity contribution is 9.10. The van der Waals surface area contributed by atoms with Gasteiger partial charge in [-0.25, -0.2) is 13.2 Å². The summed E-state index contributed by atoms with van der Waals surface area (Å²) in [6.07, 6.45) is 1.01. The van der Waals surface area contributed by atoms with Crippen molar-refractivity contribution < 1.29 is 22.7 Å². The molecule has 0 aliphatic rings. The summed E-state index contributed by atoms with van der Waals surface area (Å²) in [6.45, 7) is 1.34. The fourth-order valence-corrected chi connectivity index (χ4v) is 3.11. The van der Waals surface area contributed by atoms with Gasteiger partial charge < -0.3 is 10.1 Å². The monoisotopic (exact) mass is 459 g/mol. The van der Waals surface area contributed by atoms with E-state index in [1.54, 1.807) is 18.2 Å². The summed E-state index contributed by atoms with van der Waals surface area (Å²) in [4.78, 5) is 24.0. The van der Waals surface area contributed by atoms with E-state index in [4.69, 9.17) is 16.3 Å². The van der Waals surface area contributed by atoms with Gasteiger partial charge in [0.2, 0.25) is 0 Å². The van der Waals surface area contributed by atoms with Gasteiger partial charge in [-0.3, -0.25) is 4.79 Å². The van der Waals surface area contributed by atoms with Gasteiger partial charge in [0.1, 0.15) is 0 Å². The minimum atomic E-state index is -3.50. The molecule has 0 heterocycles. The Labute approximate surface area is 164 Å². The van der Waals surface area contributed by atoms with Crippen LogP contribution in [0, 0.1) is 6.92 Å². The van der Waals surface area contributed by atoms with Crippen molar-refractivity contribution in [1.82, 2.24) is 0 Å². The predicted molar refractivity (Wildman–Crippen MR) is 102 cm³/mol. The van der Waals surface area contributed by atoms with Gasteiger partial charge in [0.15, 0.2) is 16.4 Å². The molecule has 138 valence electrons. The second-order valence-corrected chi connectivity index (χ2v) is 8.78. The first-order valence-corrected chi connectivity index (χ1v) is 10.4. The predicted octanol–water partition coefficient (Wildman–Crippen LogP) is 3.61. The van der Waals surface area contributed by atoms with Gasteiger partial charge in [0.25, 0.3) is 5.91 Å². The zero-order valence-electron chi connectivity index (χ0n) is 13.9.